The van der Waals surface area contributed by atoms with Crippen LogP contribution in [0.4, 0.5) is 0 Å². The predicted molar refractivity (Wildman–Crippen MR) is 91.2 cm³/mol. The Labute approximate surface area is 138 Å². The number of halogens is 1. The van der Waals surface area contributed by atoms with Crippen molar-refractivity contribution in [2.24, 2.45) is 0 Å². The smallest absolute Gasteiger partial charge is 0.0406 e. The van der Waals surface area contributed by atoms with Crippen LogP contribution in [0.5, 0.6) is 0 Å². The van der Waals surface area contributed by atoms with Crippen molar-refractivity contribution in [2.45, 2.75) is 25.0 Å². The van der Waals surface area contributed by atoms with Gasteiger partial charge in [0.1, 0.15) is 0 Å². The predicted octanol–water partition coefficient (Wildman–Crippen LogP) is 4.81. The Morgan fingerprint density at radius 2 is 1.41 bits per heavy atom. The summed E-state index contributed by atoms with van der Waals surface area (Å²) >= 11 is 3.93. The van der Waals surface area contributed by atoms with Crippen molar-refractivity contribution in [2.75, 3.05) is 0 Å². The van der Waals surface area contributed by atoms with Gasteiger partial charge in [-0.15, -0.1) is 0 Å². The molecular weight excluding hydrogens is 316 g/mol. The van der Waals surface area contributed by atoms with Crippen LogP contribution >= 0.6 is 11.6 Å². The topological polar surface area (TPSA) is 40.1 Å². The van der Waals surface area contributed by atoms with Gasteiger partial charge in [-0.2, -0.15) is 0 Å². The first-order valence-electron chi connectivity index (χ1n) is 7.26. The second-order valence-electron chi connectivity index (χ2n) is 5.46. The highest BCUT2D eigenvalue weighted by atomic mass is 35.5. The second kappa shape index (κ2) is 6.78. The van der Waals surface area contributed by atoms with E-state index in [-0.39, 0.29) is 5.75 Å². The molecule has 0 aliphatic heterocycles. The number of hydrogen-bond donors (Lipinski definition) is 0. The minimum atomic E-state index is -2.04. The SMILES string of the molecule is O=S([O-])Cc1ccc(C2=C(c3ccc(Cl)cc3)CCC2)cc1. The molecule has 3 rings (SSSR count). The molecule has 4 heteroatoms. The molecule has 0 radical (unpaired) electrons. The molecule has 2 nitrogen and oxygen atoms in total. The summed E-state index contributed by atoms with van der Waals surface area (Å²) in [5.41, 5.74) is 5.96. The molecule has 1 aliphatic rings. The lowest BCUT2D eigenvalue weighted by Crippen LogP contribution is -1.93. The van der Waals surface area contributed by atoms with Gasteiger partial charge in [0, 0.05) is 10.8 Å². The summed E-state index contributed by atoms with van der Waals surface area (Å²) in [5, 5.41) is 0.749. The summed E-state index contributed by atoms with van der Waals surface area (Å²) in [6.07, 6.45) is 3.29. The summed E-state index contributed by atoms with van der Waals surface area (Å²) in [6, 6.07) is 15.8. The van der Waals surface area contributed by atoms with Gasteiger partial charge in [0.2, 0.25) is 0 Å². The van der Waals surface area contributed by atoms with Gasteiger partial charge in [0.05, 0.1) is 0 Å². The highest BCUT2D eigenvalue weighted by molar-refractivity contribution is 7.78. The highest BCUT2D eigenvalue weighted by Crippen LogP contribution is 2.39. The molecule has 0 amide bonds. The van der Waals surface area contributed by atoms with Gasteiger partial charge in [-0.1, -0.05) is 59.1 Å². The zero-order valence-corrected chi connectivity index (χ0v) is 13.6. The lowest BCUT2D eigenvalue weighted by atomic mass is 9.96. The van der Waals surface area contributed by atoms with Crippen molar-refractivity contribution in [3.8, 4) is 0 Å². The maximum absolute atomic E-state index is 10.8. The van der Waals surface area contributed by atoms with Crippen LogP contribution in [0.25, 0.3) is 11.1 Å². The van der Waals surface area contributed by atoms with Gasteiger partial charge in [-0.25, -0.2) is 0 Å². The largest absolute Gasteiger partial charge is 0.772 e. The molecule has 0 fully saturated rings. The number of rotatable bonds is 4. The summed E-state index contributed by atoms with van der Waals surface area (Å²) in [5.74, 6) is 0.0728. The van der Waals surface area contributed by atoms with E-state index in [0.717, 1.165) is 29.8 Å². The van der Waals surface area contributed by atoms with E-state index in [4.69, 9.17) is 11.6 Å². The Morgan fingerprint density at radius 3 is 1.91 bits per heavy atom. The van der Waals surface area contributed by atoms with Crippen LogP contribution in [0.3, 0.4) is 0 Å². The Morgan fingerprint density at radius 1 is 0.909 bits per heavy atom. The fourth-order valence-corrected chi connectivity index (χ4v) is 3.56. The molecule has 0 N–H and O–H groups in total. The van der Waals surface area contributed by atoms with Crippen molar-refractivity contribution < 1.29 is 8.76 Å². The molecule has 0 saturated heterocycles. The number of allylic oxidation sites excluding steroid dienone is 2. The van der Waals surface area contributed by atoms with Gasteiger partial charge < -0.3 is 4.55 Å². The van der Waals surface area contributed by atoms with Gasteiger partial charge in [0.15, 0.2) is 0 Å². The van der Waals surface area contributed by atoms with E-state index in [2.05, 4.69) is 12.1 Å². The molecule has 0 bridgehead atoms. The van der Waals surface area contributed by atoms with E-state index >= 15 is 0 Å². The Bertz CT molecular complexity index is 718. The Hall–Kier alpha value is -1.42. The lowest BCUT2D eigenvalue weighted by molar-refractivity contribution is 0.536. The van der Waals surface area contributed by atoms with Gasteiger partial charge in [0.25, 0.3) is 0 Å². The van der Waals surface area contributed by atoms with Gasteiger partial charge in [-0.05, 0) is 59.2 Å². The van der Waals surface area contributed by atoms with Crippen LogP contribution in [0.2, 0.25) is 5.02 Å². The number of hydrogen-bond acceptors (Lipinski definition) is 2. The van der Waals surface area contributed by atoms with E-state index in [1.807, 2.05) is 36.4 Å². The van der Waals surface area contributed by atoms with Crippen molar-refractivity contribution in [1.29, 1.82) is 0 Å². The van der Waals surface area contributed by atoms with Crippen molar-refractivity contribution >= 4 is 33.8 Å². The monoisotopic (exact) mass is 331 g/mol. The van der Waals surface area contributed by atoms with Crippen LogP contribution in [-0.4, -0.2) is 8.76 Å². The van der Waals surface area contributed by atoms with Crippen LogP contribution in [0.15, 0.2) is 48.5 Å². The lowest BCUT2D eigenvalue weighted by Gasteiger charge is -2.10. The van der Waals surface area contributed by atoms with Crippen LogP contribution in [0.1, 0.15) is 36.0 Å². The molecule has 2 aromatic carbocycles. The minimum Gasteiger partial charge on any atom is -0.772 e. The fraction of sp³-hybridized carbons (Fsp3) is 0.222. The quantitative estimate of drug-likeness (QED) is 0.754. The zero-order valence-electron chi connectivity index (χ0n) is 12.0. The molecule has 0 heterocycles. The fourth-order valence-electron chi connectivity index (χ4n) is 2.97. The molecule has 0 saturated carbocycles. The number of benzene rings is 2. The molecule has 2 aromatic rings. The van der Waals surface area contributed by atoms with Gasteiger partial charge >= 0.3 is 0 Å². The third-order valence-corrected chi connectivity index (χ3v) is 4.82. The summed E-state index contributed by atoms with van der Waals surface area (Å²) in [7, 11) is 0. The highest BCUT2D eigenvalue weighted by Gasteiger charge is 2.17. The van der Waals surface area contributed by atoms with Crippen LogP contribution < -0.4 is 0 Å². The van der Waals surface area contributed by atoms with Crippen molar-refractivity contribution in [1.82, 2.24) is 0 Å². The molecule has 0 spiro atoms. The third-order valence-electron chi connectivity index (χ3n) is 4.00. The van der Waals surface area contributed by atoms with Crippen LogP contribution in [-0.2, 0) is 16.8 Å². The molecule has 1 atom stereocenters. The van der Waals surface area contributed by atoms with E-state index < -0.39 is 11.1 Å². The average molecular weight is 332 g/mol. The van der Waals surface area contributed by atoms with E-state index in [1.54, 1.807) is 0 Å². The van der Waals surface area contributed by atoms with E-state index in [9.17, 15) is 8.76 Å². The summed E-state index contributed by atoms with van der Waals surface area (Å²) in [4.78, 5) is 0. The molecule has 22 heavy (non-hydrogen) atoms. The Kier molecular flexibility index (Phi) is 4.77. The Balaban J connectivity index is 1.92. The molecular formula is C18H16ClO2S-. The average Bonchev–Trinajstić information content (AvgIpc) is 2.97. The standard InChI is InChI=1S/C18H17ClO2S/c19-16-10-8-15(9-11-16)18-3-1-2-17(18)14-6-4-13(5-7-14)12-22(20)21/h4-11H,1-3,12H2,(H,20,21)/p-1. The minimum absolute atomic E-state index is 0.0728. The molecule has 1 aliphatic carbocycles. The first-order chi connectivity index (χ1) is 10.6. The molecule has 114 valence electrons. The molecule has 0 aromatic heterocycles. The van der Waals surface area contributed by atoms with Crippen LogP contribution in [0, 0.1) is 0 Å². The van der Waals surface area contributed by atoms with Crippen molar-refractivity contribution in [3.63, 3.8) is 0 Å². The zero-order chi connectivity index (χ0) is 15.5. The van der Waals surface area contributed by atoms with E-state index in [1.165, 1.54) is 22.3 Å². The first-order valence-corrected chi connectivity index (χ1v) is 8.89. The van der Waals surface area contributed by atoms with Gasteiger partial charge in [-0.3, -0.25) is 4.21 Å². The maximum Gasteiger partial charge on any atom is 0.0406 e. The third kappa shape index (κ3) is 3.49. The van der Waals surface area contributed by atoms with E-state index in [0.29, 0.717) is 0 Å². The maximum atomic E-state index is 10.8. The second-order valence-corrected chi connectivity index (χ2v) is 6.80. The first kappa shape index (κ1) is 15.5. The summed E-state index contributed by atoms with van der Waals surface area (Å²) in [6.45, 7) is 0. The van der Waals surface area contributed by atoms with Crippen molar-refractivity contribution in [3.05, 3.63) is 70.2 Å². The normalized spacial score (nSPS) is 16.1. The summed E-state index contributed by atoms with van der Waals surface area (Å²) < 4.78 is 21.5. The molecule has 1 unspecified atom stereocenters.